The summed E-state index contributed by atoms with van der Waals surface area (Å²) in [6, 6.07) is 17.0. The topological polar surface area (TPSA) is 59.1 Å². The second-order valence-corrected chi connectivity index (χ2v) is 7.79. The number of amides is 1. The number of hydrogen-bond donors (Lipinski definition) is 0. The normalized spacial score (nSPS) is 14.5. The van der Waals surface area contributed by atoms with Gasteiger partial charge in [-0.1, -0.05) is 25.1 Å². The van der Waals surface area contributed by atoms with E-state index in [2.05, 4.69) is 11.8 Å². The molecule has 0 saturated carbocycles. The van der Waals surface area contributed by atoms with Crippen molar-refractivity contribution in [3.8, 4) is 5.75 Å². The minimum absolute atomic E-state index is 0.125. The lowest BCUT2D eigenvalue weighted by Gasteiger charge is -2.38. The van der Waals surface area contributed by atoms with E-state index in [-0.39, 0.29) is 11.9 Å². The van der Waals surface area contributed by atoms with Crippen LogP contribution in [0.4, 0.5) is 0 Å². The summed E-state index contributed by atoms with van der Waals surface area (Å²) in [5.74, 6) is 0.518. The number of methoxy groups -OCH3 is 1. The molecule has 0 aliphatic carbocycles. The van der Waals surface area contributed by atoms with Crippen LogP contribution in [-0.2, 0) is 4.74 Å². The lowest BCUT2D eigenvalue weighted by atomic mass is 10.0. The van der Waals surface area contributed by atoms with Gasteiger partial charge < -0.3 is 14.4 Å². The smallest absolute Gasteiger partial charge is 0.337 e. The Bertz CT molecular complexity index is 830. The third-order valence-electron chi connectivity index (χ3n) is 5.72. The summed E-state index contributed by atoms with van der Waals surface area (Å²) in [6.45, 7) is 6.20. The fourth-order valence-electron chi connectivity index (χ4n) is 4.05. The number of ether oxygens (including phenoxy) is 2. The Kier molecular flexibility index (Phi) is 8.47. The molecule has 0 atom stereocenters. The zero-order chi connectivity index (χ0) is 22.1. The molecule has 0 spiro atoms. The minimum Gasteiger partial charge on any atom is -0.492 e. The number of nitrogens with zero attached hydrogens (tertiary/aromatic N) is 2. The fourth-order valence-corrected chi connectivity index (χ4v) is 4.05. The molecule has 2 aromatic rings. The molecule has 1 fully saturated rings. The van der Waals surface area contributed by atoms with Crippen molar-refractivity contribution >= 4 is 11.9 Å². The second kappa shape index (κ2) is 11.5. The first-order valence-corrected chi connectivity index (χ1v) is 11.0. The van der Waals surface area contributed by atoms with Gasteiger partial charge in [-0.2, -0.15) is 0 Å². The Labute approximate surface area is 184 Å². The van der Waals surface area contributed by atoms with Crippen LogP contribution in [0.5, 0.6) is 5.75 Å². The summed E-state index contributed by atoms with van der Waals surface area (Å²) < 4.78 is 10.6. The van der Waals surface area contributed by atoms with E-state index in [4.69, 9.17) is 9.47 Å². The summed E-state index contributed by atoms with van der Waals surface area (Å²) in [6.07, 6.45) is 3.04. The number of likely N-dealkylation sites (tertiary alicyclic amines) is 1. The van der Waals surface area contributed by atoms with E-state index in [0.717, 1.165) is 56.8 Å². The van der Waals surface area contributed by atoms with Crippen LogP contribution in [0.1, 0.15) is 46.9 Å². The number of benzene rings is 2. The van der Waals surface area contributed by atoms with Gasteiger partial charge in [-0.3, -0.25) is 9.69 Å². The van der Waals surface area contributed by atoms with Crippen LogP contribution in [0.25, 0.3) is 0 Å². The molecule has 1 aliphatic rings. The molecule has 1 heterocycles. The van der Waals surface area contributed by atoms with Crippen LogP contribution in [-0.4, -0.2) is 67.6 Å². The molecule has 3 rings (SSSR count). The van der Waals surface area contributed by atoms with Crippen LogP contribution >= 0.6 is 0 Å². The van der Waals surface area contributed by atoms with Gasteiger partial charge in [0.15, 0.2) is 0 Å². The van der Waals surface area contributed by atoms with Crippen molar-refractivity contribution in [3.63, 3.8) is 0 Å². The molecular weight excluding hydrogens is 392 g/mol. The summed E-state index contributed by atoms with van der Waals surface area (Å²) in [4.78, 5) is 28.7. The van der Waals surface area contributed by atoms with E-state index >= 15 is 0 Å². The maximum absolute atomic E-state index is 12.7. The zero-order valence-corrected chi connectivity index (χ0v) is 18.5. The van der Waals surface area contributed by atoms with E-state index in [9.17, 15) is 9.59 Å². The molecule has 1 amide bonds. The van der Waals surface area contributed by atoms with Gasteiger partial charge in [-0.05, 0) is 62.2 Å². The van der Waals surface area contributed by atoms with Gasteiger partial charge in [0, 0.05) is 31.2 Å². The third kappa shape index (κ3) is 6.31. The van der Waals surface area contributed by atoms with Gasteiger partial charge in [-0.25, -0.2) is 4.79 Å². The molecule has 6 nitrogen and oxygen atoms in total. The highest BCUT2D eigenvalue weighted by Gasteiger charge is 2.27. The number of esters is 1. The van der Waals surface area contributed by atoms with Crippen LogP contribution in [0.15, 0.2) is 54.6 Å². The summed E-state index contributed by atoms with van der Waals surface area (Å²) in [7, 11) is 1.37. The number of carbonyl (C=O) groups is 2. The van der Waals surface area contributed by atoms with E-state index in [1.165, 1.54) is 7.11 Å². The van der Waals surface area contributed by atoms with Gasteiger partial charge in [0.25, 0.3) is 5.91 Å². The maximum atomic E-state index is 12.7. The first-order valence-electron chi connectivity index (χ1n) is 11.0. The van der Waals surface area contributed by atoms with Crippen molar-refractivity contribution in [2.75, 3.05) is 39.9 Å². The largest absolute Gasteiger partial charge is 0.492 e. The first-order chi connectivity index (χ1) is 15.1. The highest BCUT2D eigenvalue weighted by molar-refractivity contribution is 5.94. The monoisotopic (exact) mass is 424 g/mol. The molecule has 0 unspecified atom stereocenters. The Morgan fingerprint density at radius 2 is 1.65 bits per heavy atom. The van der Waals surface area contributed by atoms with Crippen LogP contribution in [0, 0.1) is 0 Å². The highest BCUT2D eigenvalue weighted by atomic mass is 16.5. The average molecular weight is 425 g/mol. The number of piperidine rings is 1. The van der Waals surface area contributed by atoms with E-state index in [1.54, 1.807) is 24.3 Å². The average Bonchev–Trinajstić information content (AvgIpc) is 2.83. The fraction of sp³-hybridized carbons (Fsp3) is 0.440. The maximum Gasteiger partial charge on any atom is 0.337 e. The van der Waals surface area contributed by atoms with Crippen molar-refractivity contribution in [2.45, 2.75) is 32.2 Å². The summed E-state index contributed by atoms with van der Waals surface area (Å²) in [5.41, 5.74) is 1.28. The Morgan fingerprint density at radius 3 is 2.26 bits per heavy atom. The SMILES string of the molecule is CCCN(CCOc1ccc(C(=O)OC)cc1)C1CCN(C(=O)c2ccccc2)CC1. The van der Waals surface area contributed by atoms with Crippen LogP contribution < -0.4 is 4.74 Å². The highest BCUT2D eigenvalue weighted by Crippen LogP contribution is 2.19. The molecule has 1 saturated heterocycles. The molecule has 2 aromatic carbocycles. The quantitative estimate of drug-likeness (QED) is 0.572. The van der Waals surface area contributed by atoms with Crippen LogP contribution in [0.3, 0.4) is 0 Å². The van der Waals surface area contributed by atoms with E-state index in [1.807, 2.05) is 35.2 Å². The molecule has 6 heteroatoms. The molecule has 0 aromatic heterocycles. The Morgan fingerprint density at radius 1 is 0.968 bits per heavy atom. The minimum atomic E-state index is -0.349. The lowest BCUT2D eigenvalue weighted by molar-refractivity contribution is 0.0589. The van der Waals surface area contributed by atoms with Gasteiger partial charge in [0.1, 0.15) is 12.4 Å². The predicted molar refractivity (Wildman–Crippen MR) is 121 cm³/mol. The molecule has 0 bridgehead atoms. The van der Waals surface area contributed by atoms with Gasteiger partial charge >= 0.3 is 5.97 Å². The number of rotatable bonds is 9. The van der Waals surface area contributed by atoms with Gasteiger partial charge in [0.05, 0.1) is 12.7 Å². The first kappa shape index (κ1) is 22.8. The molecule has 0 radical (unpaired) electrons. The number of carbonyl (C=O) groups excluding carboxylic acids is 2. The van der Waals surface area contributed by atoms with Crippen LogP contribution in [0.2, 0.25) is 0 Å². The number of hydrogen-bond acceptors (Lipinski definition) is 5. The summed E-state index contributed by atoms with van der Waals surface area (Å²) in [5, 5.41) is 0. The van der Waals surface area contributed by atoms with Crippen molar-refractivity contribution in [1.82, 2.24) is 9.80 Å². The van der Waals surface area contributed by atoms with Crippen molar-refractivity contribution < 1.29 is 19.1 Å². The Hall–Kier alpha value is -2.86. The molecule has 0 N–H and O–H groups in total. The summed E-state index contributed by atoms with van der Waals surface area (Å²) >= 11 is 0. The van der Waals surface area contributed by atoms with Crippen molar-refractivity contribution in [1.29, 1.82) is 0 Å². The van der Waals surface area contributed by atoms with Gasteiger partial charge in [0.2, 0.25) is 0 Å². The Balaban J connectivity index is 1.47. The molecular formula is C25H32N2O4. The van der Waals surface area contributed by atoms with Gasteiger partial charge in [-0.15, -0.1) is 0 Å². The predicted octanol–water partition coefficient (Wildman–Crippen LogP) is 3.87. The lowest BCUT2D eigenvalue weighted by Crippen LogP contribution is -2.48. The van der Waals surface area contributed by atoms with Crippen molar-refractivity contribution in [2.24, 2.45) is 0 Å². The van der Waals surface area contributed by atoms with E-state index in [0.29, 0.717) is 18.2 Å². The second-order valence-electron chi connectivity index (χ2n) is 7.79. The molecule has 31 heavy (non-hydrogen) atoms. The zero-order valence-electron chi connectivity index (χ0n) is 18.5. The molecule has 166 valence electrons. The van der Waals surface area contributed by atoms with Crippen molar-refractivity contribution in [3.05, 3.63) is 65.7 Å². The third-order valence-corrected chi connectivity index (χ3v) is 5.72. The molecule has 1 aliphatic heterocycles. The standard InChI is InChI=1S/C25H32N2O4/c1-3-15-26(18-19-31-23-11-9-21(10-12-23)25(29)30-2)22-13-16-27(17-14-22)24(28)20-7-5-4-6-8-20/h4-12,22H,3,13-19H2,1-2H3. The van der Waals surface area contributed by atoms with E-state index < -0.39 is 0 Å².